The Balaban J connectivity index is 1.82. The minimum absolute atomic E-state index is 0.0214. The van der Waals surface area contributed by atoms with Gasteiger partial charge in [-0.1, -0.05) is 19.3 Å². The van der Waals surface area contributed by atoms with Crippen LogP contribution in [-0.2, 0) is 4.79 Å². The van der Waals surface area contributed by atoms with Gasteiger partial charge < -0.3 is 10.6 Å². The van der Waals surface area contributed by atoms with E-state index in [1.54, 1.807) is 18.2 Å². The number of anilines is 1. The molecule has 106 valence electrons. The van der Waals surface area contributed by atoms with E-state index < -0.39 is 0 Å². The van der Waals surface area contributed by atoms with Crippen molar-refractivity contribution in [3.63, 3.8) is 0 Å². The molecule has 20 heavy (non-hydrogen) atoms. The van der Waals surface area contributed by atoms with Crippen LogP contribution in [0.3, 0.4) is 0 Å². The highest BCUT2D eigenvalue weighted by molar-refractivity contribution is 9.10. The van der Waals surface area contributed by atoms with Crippen LogP contribution in [0, 0.1) is 11.3 Å². The van der Waals surface area contributed by atoms with E-state index in [0.29, 0.717) is 11.6 Å². The highest BCUT2D eigenvalue weighted by Gasteiger charge is 2.15. The zero-order valence-corrected chi connectivity index (χ0v) is 12.9. The molecule has 0 spiro atoms. The van der Waals surface area contributed by atoms with Gasteiger partial charge in [-0.2, -0.15) is 5.26 Å². The first kappa shape index (κ1) is 14.9. The Labute approximate surface area is 127 Å². The number of nitriles is 1. The van der Waals surface area contributed by atoms with Crippen molar-refractivity contribution < 1.29 is 4.79 Å². The van der Waals surface area contributed by atoms with Gasteiger partial charge in [-0.25, -0.2) is 0 Å². The van der Waals surface area contributed by atoms with Gasteiger partial charge in [-0.3, -0.25) is 4.79 Å². The van der Waals surface area contributed by atoms with Crippen LogP contribution in [0.1, 0.15) is 37.7 Å². The summed E-state index contributed by atoms with van der Waals surface area (Å²) in [5.41, 5.74) is 1.41. The number of benzene rings is 1. The second-order valence-electron chi connectivity index (χ2n) is 5.06. The summed E-state index contributed by atoms with van der Waals surface area (Å²) in [6.07, 6.45) is 5.88. The molecule has 2 N–H and O–H groups in total. The zero-order valence-electron chi connectivity index (χ0n) is 11.3. The number of nitrogens with zero attached hydrogens (tertiary/aromatic N) is 1. The average Bonchev–Trinajstić information content (AvgIpc) is 2.47. The van der Waals surface area contributed by atoms with Crippen LogP contribution < -0.4 is 10.6 Å². The number of hydrogen-bond acceptors (Lipinski definition) is 3. The number of halogens is 1. The van der Waals surface area contributed by atoms with E-state index in [1.165, 1.54) is 19.3 Å². The van der Waals surface area contributed by atoms with Gasteiger partial charge >= 0.3 is 0 Å². The van der Waals surface area contributed by atoms with Gasteiger partial charge in [0.2, 0.25) is 5.91 Å². The number of carbonyl (C=O) groups is 1. The molecule has 1 fully saturated rings. The molecule has 0 unspecified atom stereocenters. The minimum atomic E-state index is 0.0214. The maximum Gasteiger partial charge on any atom is 0.239 e. The summed E-state index contributed by atoms with van der Waals surface area (Å²) in [4.78, 5) is 11.9. The molecule has 1 saturated carbocycles. The molecule has 0 bridgehead atoms. The first-order chi connectivity index (χ1) is 9.69. The molecule has 1 aromatic rings. The van der Waals surface area contributed by atoms with Gasteiger partial charge in [-0.15, -0.1) is 0 Å². The summed E-state index contributed by atoms with van der Waals surface area (Å²) >= 11 is 3.39. The number of hydrogen-bond donors (Lipinski definition) is 2. The van der Waals surface area contributed by atoms with E-state index >= 15 is 0 Å². The smallest absolute Gasteiger partial charge is 0.239 e. The largest absolute Gasteiger partial charge is 0.375 e. The van der Waals surface area contributed by atoms with Crippen molar-refractivity contribution >= 4 is 27.5 Å². The summed E-state index contributed by atoms with van der Waals surface area (Å²) in [5.74, 6) is 0.0214. The van der Waals surface area contributed by atoms with Gasteiger partial charge in [0.05, 0.1) is 18.2 Å². The lowest BCUT2D eigenvalue weighted by molar-refractivity contribution is -0.120. The van der Waals surface area contributed by atoms with E-state index in [1.807, 2.05) is 0 Å². The van der Waals surface area contributed by atoms with Crippen molar-refractivity contribution in [3.8, 4) is 6.07 Å². The first-order valence-electron chi connectivity index (χ1n) is 6.92. The van der Waals surface area contributed by atoms with E-state index in [0.717, 1.165) is 23.0 Å². The van der Waals surface area contributed by atoms with E-state index in [9.17, 15) is 4.79 Å². The molecule has 0 aromatic heterocycles. The maximum atomic E-state index is 11.9. The van der Waals surface area contributed by atoms with Gasteiger partial charge in [-0.05, 0) is 47.0 Å². The van der Waals surface area contributed by atoms with E-state index in [4.69, 9.17) is 5.26 Å². The fourth-order valence-electron chi connectivity index (χ4n) is 2.43. The van der Waals surface area contributed by atoms with Gasteiger partial charge in [0.15, 0.2) is 0 Å². The van der Waals surface area contributed by atoms with Crippen molar-refractivity contribution in [1.82, 2.24) is 5.32 Å². The lowest BCUT2D eigenvalue weighted by Gasteiger charge is -2.23. The molecule has 4 nitrogen and oxygen atoms in total. The Hall–Kier alpha value is -1.54. The molecule has 2 rings (SSSR count). The molecule has 1 aromatic carbocycles. The van der Waals surface area contributed by atoms with E-state index in [-0.39, 0.29) is 12.5 Å². The zero-order chi connectivity index (χ0) is 14.4. The summed E-state index contributed by atoms with van der Waals surface area (Å²) in [5, 5.41) is 14.9. The lowest BCUT2D eigenvalue weighted by Crippen LogP contribution is -2.39. The third-order valence-corrected chi connectivity index (χ3v) is 4.16. The summed E-state index contributed by atoms with van der Waals surface area (Å²) < 4.78 is 0.794. The normalized spacial score (nSPS) is 15.4. The van der Waals surface area contributed by atoms with Crippen LogP contribution in [0.15, 0.2) is 22.7 Å². The van der Waals surface area contributed by atoms with Gasteiger partial charge in [0.25, 0.3) is 0 Å². The highest BCUT2D eigenvalue weighted by Crippen LogP contribution is 2.23. The first-order valence-corrected chi connectivity index (χ1v) is 7.71. The molecule has 1 aliphatic rings. The van der Waals surface area contributed by atoms with Crippen LogP contribution in [0.5, 0.6) is 0 Å². The van der Waals surface area contributed by atoms with Crippen LogP contribution >= 0.6 is 15.9 Å². The van der Waals surface area contributed by atoms with Gasteiger partial charge in [0.1, 0.15) is 0 Å². The highest BCUT2D eigenvalue weighted by atomic mass is 79.9. The van der Waals surface area contributed by atoms with E-state index in [2.05, 4.69) is 32.6 Å². The summed E-state index contributed by atoms with van der Waals surface area (Å²) in [6, 6.07) is 7.68. The predicted molar refractivity (Wildman–Crippen MR) is 82.4 cm³/mol. The van der Waals surface area contributed by atoms with Crippen molar-refractivity contribution in [2.75, 3.05) is 11.9 Å². The average molecular weight is 336 g/mol. The topological polar surface area (TPSA) is 64.9 Å². The summed E-state index contributed by atoms with van der Waals surface area (Å²) in [6.45, 7) is 0.251. The molecular formula is C15H18BrN3O. The Bertz CT molecular complexity index is 518. The Morgan fingerprint density at radius 2 is 2.10 bits per heavy atom. The Kier molecular flexibility index (Phi) is 5.42. The third-order valence-electron chi connectivity index (χ3n) is 3.51. The second-order valence-corrected chi connectivity index (χ2v) is 5.92. The number of nitrogens with one attached hydrogen (secondary N) is 2. The standard InChI is InChI=1S/C15H18BrN3O/c16-13-8-11(9-17)6-7-14(13)18-10-15(20)19-12-4-2-1-3-5-12/h6-8,12,18H,1-5,10H2,(H,19,20). The van der Waals surface area contributed by atoms with Crippen molar-refractivity contribution in [2.45, 2.75) is 38.1 Å². The van der Waals surface area contributed by atoms with Crippen LogP contribution in [0.2, 0.25) is 0 Å². The molecule has 0 heterocycles. The summed E-state index contributed by atoms with van der Waals surface area (Å²) in [7, 11) is 0. The number of carbonyl (C=O) groups excluding carboxylic acids is 1. The fourth-order valence-corrected chi connectivity index (χ4v) is 2.95. The molecular weight excluding hydrogens is 318 g/mol. The maximum absolute atomic E-state index is 11.9. The lowest BCUT2D eigenvalue weighted by atomic mass is 9.95. The Morgan fingerprint density at radius 3 is 2.75 bits per heavy atom. The molecule has 0 atom stereocenters. The number of amides is 1. The molecule has 1 aliphatic carbocycles. The van der Waals surface area contributed by atoms with Crippen LogP contribution in [-0.4, -0.2) is 18.5 Å². The SMILES string of the molecule is N#Cc1ccc(NCC(=O)NC2CCCCC2)c(Br)c1. The molecule has 5 heteroatoms. The fraction of sp³-hybridized carbons (Fsp3) is 0.467. The number of rotatable bonds is 4. The third kappa shape index (κ3) is 4.24. The molecule has 1 amide bonds. The van der Waals surface area contributed by atoms with Gasteiger partial charge in [0, 0.05) is 16.2 Å². The Morgan fingerprint density at radius 1 is 1.35 bits per heavy atom. The molecule has 0 saturated heterocycles. The molecule has 0 radical (unpaired) electrons. The van der Waals surface area contributed by atoms with Crippen molar-refractivity contribution in [1.29, 1.82) is 5.26 Å². The van der Waals surface area contributed by atoms with Crippen molar-refractivity contribution in [3.05, 3.63) is 28.2 Å². The predicted octanol–water partition coefficient (Wildman–Crippen LogP) is 3.18. The second kappa shape index (κ2) is 7.30. The van der Waals surface area contributed by atoms with Crippen LogP contribution in [0.25, 0.3) is 0 Å². The minimum Gasteiger partial charge on any atom is -0.375 e. The monoisotopic (exact) mass is 335 g/mol. The molecule has 0 aliphatic heterocycles. The quantitative estimate of drug-likeness (QED) is 0.888. The van der Waals surface area contributed by atoms with Crippen molar-refractivity contribution in [2.24, 2.45) is 0 Å². The van der Waals surface area contributed by atoms with Crippen LogP contribution in [0.4, 0.5) is 5.69 Å².